The van der Waals surface area contributed by atoms with Crippen LogP contribution >= 0.6 is 22.9 Å². The molecule has 0 aliphatic carbocycles. The van der Waals surface area contributed by atoms with Crippen LogP contribution in [0, 0.1) is 5.92 Å². The Kier molecular flexibility index (Phi) is 3.01. The smallest absolute Gasteiger partial charge is 0.195 e. The molecule has 0 saturated carbocycles. The summed E-state index contributed by atoms with van der Waals surface area (Å²) in [5.74, 6) is 2.47. The van der Waals surface area contributed by atoms with Crippen molar-refractivity contribution in [2.45, 2.75) is 25.6 Å². The molecule has 0 radical (unpaired) electrons. The number of fused-ring (bicyclic) bond motifs is 1. The molecule has 17 heavy (non-hydrogen) atoms. The number of aromatic nitrogens is 2. The third-order valence-corrected chi connectivity index (χ3v) is 4.56. The van der Waals surface area contributed by atoms with Gasteiger partial charge in [0.2, 0.25) is 0 Å². The van der Waals surface area contributed by atoms with Crippen molar-refractivity contribution in [1.82, 2.24) is 9.38 Å². The van der Waals surface area contributed by atoms with E-state index in [9.17, 15) is 0 Å². The van der Waals surface area contributed by atoms with Gasteiger partial charge in [-0.3, -0.25) is 4.40 Å². The SMILES string of the molecule is CC1CCN(c2nc3sccn3c2CCl)CC1. The Morgan fingerprint density at radius 1 is 1.47 bits per heavy atom. The first-order chi connectivity index (χ1) is 8.29. The van der Waals surface area contributed by atoms with Crippen molar-refractivity contribution in [3.8, 4) is 0 Å². The van der Waals surface area contributed by atoms with E-state index in [0.717, 1.165) is 35.5 Å². The topological polar surface area (TPSA) is 20.5 Å². The fraction of sp³-hybridized carbons (Fsp3) is 0.583. The highest BCUT2D eigenvalue weighted by Gasteiger charge is 2.22. The fourth-order valence-corrected chi connectivity index (χ4v) is 3.40. The number of piperidine rings is 1. The first kappa shape index (κ1) is 11.4. The summed E-state index contributed by atoms with van der Waals surface area (Å²) in [4.78, 5) is 8.15. The van der Waals surface area contributed by atoms with E-state index < -0.39 is 0 Å². The Hall–Kier alpha value is -0.740. The van der Waals surface area contributed by atoms with Crippen LogP contribution in [0.2, 0.25) is 0 Å². The second-order valence-electron chi connectivity index (χ2n) is 4.74. The van der Waals surface area contributed by atoms with E-state index >= 15 is 0 Å². The predicted octanol–water partition coefficient (Wildman–Crippen LogP) is 3.37. The molecule has 0 spiro atoms. The molecule has 2 aromatic rings. The average Bonchev–Trinajstić information content (AvgIpc) is 2.89. The van der Waals surface area contributed by atoms with Crippen molar-refractivity contribution >= 4 is 33.7 Å². The number of hydrogen-bond acceptors (Lipinski definition) is 3. The lowest BCUT2D eigenvalue weighted by atomic mass is 9.99. The molecule has 0 amide bonds. The minimum Gasteiger partial charge on any atom is -0.355 e. The number of imidazole rings is 1. The van der Waals surface area contributed by atoms with Gasteiger partial charge in [-0.05, 0) is 18.8 Å². The number of halogens is 1. The van der Waals surface area contributed by atoms with E-state index in [2.05, 4.69) is 27.8 Å². The van der Waals surface area contributed by atoms with E-state index in [1.54, 1.807) is 11.3 Å². The summed E-state index contributed by atoms with van der Waals surface area (Å²) in [5, 5.41) is 2.06. The number of thiazole rings is 1. The van der Waals surface area contributed by atoms with Gasteiger partial charge in [0.15, 0.2) is 10.8 Å². The van der Waals surface area contributed by atoms with Crippen LogP contribution in [0.25, 0.3) is 4.96 Å². The largest absolute Gasteiger partial charge is 0.355 e. The number of alkyl halides is 1. The molecule has 1 saturated heterocycles. The molecule has 2 aromatic heterocycles. The molecule has 0 atom stereocenters. The van der Waals surface area contributed by atoms with Gasteiger partial charge in [-0.15, -0.1) is 22.9 Å². The summed E-state index contributed by atoms with van der Waals surface area (Å²) in [6, 6.07) is 0. The minimum absolute atomic E-state index is 0.527. The lowest BCUT2D eigenvalue weighted by Gasteiger charge is -2.31. The van der Waals surface area contributed by atoms with Crippen LogP contribution in [0.3, 0.4) is 0 Å². The Morgan fingerprint density at radius 2 is 2.24 bits per heavy atom. The van der Waals surface area contributed by atoms with Crippen molar-refractivity contribution in [3.05, 3.63) is 17.3 Å². The van der Waals surface area contributed by atoms with Crippen LogP contribution in [0.4, 0.5) is 5.82 Å². The maximum Gasteiger partial charge on any atom is 0.195 e. The van der Waals surface area contributed by atoms with Crippen molar-refractivity contribution in [3.63, 3.8) is 0 Å². The van der Waals surface area contributed by atoms with Gasteiger partial charge in [-0.1, -0.05) is 6.92 Å². The van der Waals surface area contributed by atoms with Crippen molar-refractivity contribution < 1.29 is 0 Å². The molecule has 1 aliphatic rings. The zero-order valence-electron chi connectivity index (χ0n) is 9.90. The first-order valence-corrected chi connectivity index (χ1v) is 7.46. The maximum atomic E-state index is 6.07. The summed E-state index contributed by atoms with van der Waals surface area (Å²) in [6.45, 7) is 4.54. The zero-order valence-corrected chi connectivity index (χ0v) is 11.5. The van der Waals surface area contributed by atoms with Crippen LogP contribution in [-0.2, 0) is 5.88 Å². The van der Waals surface area contributed by atoms with Gasteiger partial charge in [0.1, 0.15) is 0 Å². The van der Waals surface area contributed by atoms with Gasteiger partial charge in [-0.25, -0.2) is 4.98 Å². The highest BCUT2D eigenvalue weighted by Crippen LogP contribution is 2.29. The number of nitrogens with zero attached hydrogens (tertiary/aromatic N) is 3. The second-order valence-corrected chi connectivity index (χ2v) is 5.88. The first-order valence-electron chi connectivity index (χ1n) is 6.05. The average molecular weight is 270 g/mol. The van der Waals surface area contributed by atoms with E-state index in [1.807, 2.05) is 0 Å². The summed E-state index contributed by atoms with van der Waals surface area (Å²) < 4.78 is 2.12. The number of rotatable bonds is 2. The number of anilines is 1. The Bertz CT molecular complexity index is 511. The van der Waals surface area contributed by atoms with Gasteiger partial charge in [0.05, 0.1) is 11.6 Å². The van der Waals surface area contributed by atoms with Crippen molar-refractivity contribution in [2.24, 2.45) is 5.92 Å². The molecule has 3 rings (SSSR count). The van der Waals surface area contributed by atoms with Gasteiger partial charge in [0, 0.05) is 24.7 Å². The van der Waals surface area contributed by atoms with Gasteiger partial charge >= 0.3 is 0 Å². The quantitative estimate of drug-likeness (QED) is 0.779. The van der Waals surface area contributed by atoms with Gasteiger partial charge in [-0.2, -0.15) is 0 Å². The molecule has 1 fully saturated rings. The standard InChI is InChI=1S/C12H16ClN3S/c1-9-2-4-15(5-3-9)11-10(8-13)16-6-7-17-12(16)14-11/h6-7,9H,2-5,8H2,1H3. The van der Waals surface area contributed by atoms with Crippen molar-refractivity contribution in [1.29, 1.82) is 0 Å². The van der Waals surface area contributed by atoms with Crippen LogP contribution in [0.15, 0.2) is 11.6 Å². The van der Waals surface area contributed by atoms with Crippen LogP contribution < -0.4 is 4.90 Å². The molecule has 3 nitrogen and oxygen atoms in total. The lowest BCUT2D eigenvalue weighted by molar-refractivity contribution is 0.436. The van der Waals surface area contributed by atoms with Crippen LogP contribution in [0.1, 0.15) is 25.5 Å². The molecule has 0 bridgehead atoms. The maximum absolute atomic E-state index is 6.07. The molecule has 3 heterocycles. The lowest BCUT2D eigenvalue weighted by Crippen LogP contribution is -2.33. The fourth-order valence-electron chi connectivity index (χ4n) is 2.42. The second kappa shape index (κ2) is 4.50. The summed E-state index contributed by atoms with van der Waals surface area (Å²) in [6.07, 6.45) is 4.57. The highest BCUT2D eigenvalue weighted by atomic mass is 35.5. The van der Waals surface area contributed by atoms with E-state index in [0.29, 0.717) is 5.88 Å². The third kappa shape index (κ3) is 1.93. The number of hydrogen-bond donors (Lipinski definition) is 0. The molecule has 0 N–H and O–H groups in total. The molecule has 1 aliphatic heterocycles. The Morgan fingerprint density at radius 3 is 2.94 bits per heavy atom. The highest BCUT2D eigenvalue weighted by molar-refractivity contribution is 7.15. The van der Waals surface area contributed by atoms with Crippen LogP contribution in [0.5, 0.6) is 0 Å². The van der Waals surface area contributed by atoms with E-state index in [4.69, 9.17) is 16.6 Å². The molecular weight excluding hydrogens is 254 g/mol. The molecule has 5 heteroatoms. The van der Waals surface area contributed by atoms with Crippen molar-refractivity contribution in [2.75, 3.05) is 18.0 Å². The van der Waals surface area contributed by atoms with Crippen LogP contribution in [-0.4, -0.2) is 22.5 Å². The monoisotopic (exact) mass is 269 g/mol. The summed E-state index contributed by atoms with van der Waals surface area (Å²) >= 11 is 7.74. The normalized spacial score (nSPS) is 18.1. The molecular formula is C12H16ClN3S. The summed E-state index contributed by atoms with van der Waals surface area (Å²) in [7, 11) is 0. The van der Waals surface area contributed by atoms with Gasteiger partial charge < -0.3 is 4.90 Å². The third-order valence-electron chi connectivity index (χ3n) is 3.55. The molecule has 0 unspecified atom stereocenters. The predicted molar refractivity (Wildman–Crippen MR) is 73.2 cm³/mol. The Balaban J connectivity index is 1.96. The minimum atomic E-state index is 0.527. The van der Waals surface area contributed by atoms with Gasteiger partial charge in [0.25, 0.3) is 0 Å². The Labute approximate surface area is 110 Å². The van der Waals surface area contributed by atoms with E-state index in [1.165, 1.54) is 12.8 Å². The molecule has 92 valence electrons. The molecule has 0 aromatic carbocycles. The summed E-state index contributed by atoms with van der Waals surface area (Å²) in [5.41, 5.74) is 1.14. The zero-order chi connectivity index (χ0) is 11.8. The van der Waals surface area contributed by atoms with E-state index in [-0.39, 0.29) is 0 Å².